The molecule has 2 aromatic rings. The lowest BCUT2D eigenvalue weighted by molar-refractivity contribution is -0.384. The molecule has 9 nitrogen and oxygen atoms in total. The van der Waals surface area contributed by atoms with Crippen molar-refractivity contribution < 1.29 is 14.8 Å². The van der Waals surface area contributed by atoms with Crippen LogP contribution in [0.4, 0.5) is 17.2 Å². The van der Waals surface area contributed by atoms with Gasteiger partial charge in [0, 0.05) is 48.6 Å². The molecule has 1 aliphatic heterocycles. The first-order valence-corrected chi connectivity index (χ1v) is 9.98. The van der Waals surface area contributed by atoms with Crippen LogP contribution < -0.4 is 10.2 Å². The topological polar surface area (TPSA) is 112 Å². The van der Waals surface area contributed by atoms with Crippen molar-refractivity contribution in [2.24, 2.45) is 0 Å². The summed E-state index contributed by atoms with van der Waals surface area (Å²) in [5.41, 5.74) is 0.541. The zero-order valence-electron chi connectivity index (χ0n) is 14.8. The summed E-state index contributed by atoms with van der Waals surface area (Å²) in [6.07, 6.45) is 1.53. The fourth-order valence-corrected chi connectivity index (χ4v) is 3.77. The van der Waals surface area contributed by atoms with E-state index in [9.17, 15) is 14.9 Å². The first-order chi connectivity index (χ1) is 13.8. The van der Waals surface area contributed by atoms with E-state index in [4.69, 9.17) is 28.9 Å². The smallest absolute Gasteiger partial charge is 0.337 e. The zero-order chi connectivity index (χ0) is 21.1. The minimum atomic E-state index is -1.10. The molecule has 0 saturated carbocycles. The molecule has 1 saturated heterocycles. The van der Waals surface area contributed by atoms with Gasteiger partial charge in [0.1, 0.15) is 0 Å². The van der Waals surface area contributed by atoms with Gasteiger partial charge in [0.2, 0.25) is 5.82 Å². The van der Waals surface area contributed by atoms with E-state index >= 15 is 0 Å². The second-order valence-corrected chi connectivity index (χ2v) is 7.87. The molecule has 0 bridgehead atoms. The highest BCUT2D eigenvalue weighted by Gasteiger charge is 2.26. The average molecular weight is 501 g/mol. The number of aromatic nitrogens is 1. The summed E-state index contributed by atoms with van der Waals surface area (Å²) in [6.45, 7) is 2.11. The fourth-order valence-electron chi connectivity index (χ4n) is 2.89. The van der Waals surface area contributed by atoms with E-state index in [-0.39, 0.29) is 16.3 Å². The van der Waals surface area contributed by atoms with Gasteiger partial charge in [0.05, 0.1) is 15.5 Å². The average Bonchev–Trinajstić information content (AvgIpc) is 2.67. The fraction of sp³-hybridized carbons (Fsp3) is 0.235. The predicted octanol–water partition coefficient (Wildman–Crippen LogP) is 3.62. The number of benzene rings is 1. The molecule has 0 amide bonds. The number of carboxylic acids is 1. The minimum Gasteiger partial charge on any atom is -0.478 e. The van der Waals surface area contributed by atoms with Crippen LogP contribution in [0.1, 0.15) is 10.4 Å². The molecule has 1 fully saturated rings. The Hall–Kier alpha value is -2.50. The Labute approximate surface area is 184 Å². The summed E-state index contributed by atoms with van der Waals surface area (Å²) < 4.78 is 0.546. The highest BCUT2D eigenvalue weighted by atomic mass is 79.9. The second kappa shape index (κ2) is 8.89. The molecule has 12 heteroatoms. The third-order valence-electron chi connectivity index (χ3n) is 4.33. The van der Waals surface area contributed by atoms with E-state index in [1.54, 1.807) is 6.07 Å². The van der Waals surface area contributed by atoms with E-state index in [0.717, 1.165) is 0 Å². The normalized spacial score (nSPS) is 13.9. The third kappa shape index (κ3) is 4.92. The van der Waals surface area contributed by atoms with Crippen molar-refractivity contribution >= 4 is 68.0 Å². The number of carbonyl (C=O) groups is 1. The molecule has 1 aliphatic rings. The van der Waals surface area contributed by atoms with Crippen LogP contribution in [-0.2, 0) is 0 Å². The van der Waals surface area contributed by atoms with Crippen molar-refractivity contribution in [3.8, 4) is 0 Å². The number of rotatable bonds is 4. The van der Waals surface area contributed by atoms with Gasteiger partial charge in [0.15, 0.2) is 5.11 Å². The molecule has 0 spiro atoms. The first kappa shape index (κ1) is 21.2. The van der Waals surface area contributed by atoms with E-state index in [1.807, 2.05) is 9.80 Å². The van der Waals surface area contributed by atoms with Crippen LogP contribution in [0.2, 0.25) is 5.02 Å². The van der Waals surface area contributed by atoms with Gasteiger partial charge in [-0.05, 0) is 46.3 Å². The number of pyridine rings is 1. The highest BCUT2D eigenvalue weighted by Crippen LogP contribution is 2.29. The molecule has 2 heterocycles. The Morgan fingerprint density at radius 1 is 1.31 bits per heavy atom. The van der Waals surface area contributed by atoms with E-state index in [2.05, 4.69) is 26.2 Å². The monoisotopic (exact) mass is 499 g/mol. The van der Waals surface area contributed by atoms with Gasteiger partial charge >= 0.3 is 11.7 Å². The summed E-state index contributed by atoms with van der Waals surface area (Å²) in [7, 11) is 0. The summed E-state index contributed by atoms with van der Waals surface area (Å²) in [4.78, 5) is 29.9. The van der Waals surface area contributed by atoms with Crippen LogP contribution in [0.25, 0.3) is 0 Å². The van der Waals surface area contributed by atoms with E-state index in [0.29, 0.717) is 47.3 Å². The standard InChI is InChI=1S/C17H15BrClN5O4S/c18-10-7-14(24(27)28)15(20-9-10)22-3-5-23(6-4-22)17(29)21-11-1-2-12(16(25)26)13(19)8-11/h1-2,7-9H,3-6H2,(H,21,29)(H,25,26). The lowest BCUT2D eigenvalue weighted by atomic mass is 10.2. The van der Waals surface area contributed by atoms with Gasteiger partial charge in [-0.2, -0.15) is 0 Å². The molecule has 29 heavy (non-hydrogen) atoms. The quantitative estimate of drug-likeness (QED) is 0.369. The molecule has 0 radical (unpaired) electrons. The number of nitrogens with one attached hydrogen (secondary N) is 1. The third-order valence-corrected chi connectivity index (χ3v) is 5.43. The van der Waals surface area contributed by atoms with Crippen LogP contribution in [-0.4, -0.2) is 57.2 Å². The summed E-state index contributed by atoms with van der Waals surface area (Å²) >= 11 is 14.6. The van der Waals surface area contributed by atoms with Crippen molar-refractivity contribution in [3.05, 3.63) is 55.6 Å². The number of hydrogen-bond acceptors (Lipinski definition) is 6. The molecule has 0 unspecified atom stereocenters. The summed E-state index contributed by atoms with van der Waals surface area (Å²) in [5, 5.41) is 24.0. The second-order valence-electron chi connectivity index (χ2n) is 6.16. The van der Waals surface area contributed by atoms with Crippen molar-refractivity contribution in [2.45, 2.75) is 0 Å². The van der Waals surface area contributed by atoms with Gasteiger partial charge in [-0.25, -0.2) is 9.78 Å². The number of anilines is 2. The molecule has 1 aromatic heterocycles. The van der Waals surface area contributed by atoms with Gasteiger partial charge in [-0.1, -0.05) is 11.6 Å². The van der Waals surface area contributed by atoms with E-state index in [1.165, 1.54) is 24.4 Å². The number of aromatic carboxylic acids is 1. The SMILES string of the molecule is O=C(O)c1ccc(NC(=S)N2CCN(c3ncc(Br)cc3[N+](=O)[O-])CC2)cc1Cl. The van der Waals surface area contributed by atoms with Crippen LogP contribution in [0.3, 0.4) is 0 Å². The Morgan fingerprint density at radius 2 is 2.00 bits per heavy atom. The molecule has 2 N–H and O–H groups in total. The van der Waals surface area contributed by atoms with Gasteiger partial charge in [-0.3, -0.25) is 10.1 Å². The Kier molecular flexibility index (Phi) is 6.50. The number of thiocarbonyl (C=S) groups is 1. The van der Waals surface area contributed by atoms with Gasteiger partial charge in [-0.15, -0.1) is 0 Å². The van der Waals surface area contributed by atoms with Crippen LogP contribution in [0, 0.1) is 10.1 Å². The molecule has 0 aliphatic carbocycles. The maximum absolute atomic E-state index is 11.3. The van der Waals surface area contributed by atoms with Crippen molar-refractivity contribution in [1.82, 2.24) is 9.88 Å². The molecule has 152 valence electrons. The Morgan fingerprint density at radius 3 is 2.59 bits per heavy atom. The molecular weight excluding hydrogens is 486 g/mol. The predicted molar refractivity (Wildman–Crippen MR) is 117 cm³/mol. The Balaban J connectivity index is 1.64. The highest BCUT2D eigenvalue weighted by molar-refractivity contribution is 9.10. The molecule has 1 aromatic carbocycles. The van der Waals surface area contributed by atoms with Crippen molar-refractivity contribution in [1.29, 1.82) is 0 Å². The maximum Gasteiger partial charge on any atom is 0.337 e. The van der Waals surface area contributed by atoms with Gasteiger partial charge < -0.3 is 20.2 Å². The lowest BCUT2D eigenvalue weighted by Crippen LogP contribution is -2.50. The number of nitrogens with zero attached hydrogens (tertiary/aromatic N) is 4. The van der Waals surface area contributed by atoms with Gasteiger partial charge in [0.25, 0.3) is 0 Å². The molecule has 0 atom stereocenters. The molecule has 3 rings (SSSR count). The zero-order valence-corrected chi connectivity index (χ0v) is 18.0. The van der Waals surface area contributed by atoms with Crippen molar-refractivity contribution in [3.63, 3.8) is 0 Å². The van der Waals surface area contributed by atoms with Crippen LogP contribution >= 0.6 is 39.7 Å². The lowest BCUT2D eigenvalue weighted by Gasteiger charge is -2.36. The summed E-state index contributed by atoms with van der Waals surface area (Å²) in [5.74, 6) is -0.774. The minimum absolute atomic E-state index is 0.0142. The largest absolute Gasteiger partial charge is 0.478 e. The number of halogens is 2. The number of nitro groups is 1. The number of piperazine rings is 1. The molecular formula is C17H15BrClN5O4S. The van der Waals surface area contributed by atoms with Crippen LogP contribution in [0.15, 0.2) is 34.9 Å². The number of hydrogen-bond donors (Lipinski definition) is 2. The van der Waals surface area contributed by atoms with E-state index < -0.39 is 10.9 Å². The number of carboxylic acid groups (broad SMARTS) is 1. The first-order valence-electron chi connectivity index (χ1n) is 8.40. The summed E-state index contributed by atoms with van der Waals surface area (Å²) in [6, 6.07) is 5.94. The van der Waals surface area contributed by atoms with Crippen molar-refractivity contribution in [2.75, 3.05) is 36.4 Å². The Bertz CT molecular complexity index is 984. The maximum atomic E-state index is 11.3. The van der Waals surface area contributed by atoms with Crippen LogP contribution in [0.5, 0.6) is 0 Å².